The summed E-state index contributed by atoms with van der Waals surface area (Å²) in [6.45, 7) is 6.33. The Morgan fingerprint density at radius 2 is 1.95 bits per heavy atom. The summed E-state index contributed by atoms with van der Waals surface area (Å²) in [7, 11) is 0. The normalized spacial score (nSPS) is 33.4. The zero-order valence-electron chi connectivity index (χ0n) is 11.9. The number of amides is 1. The van der Waals surface area contributed by atoms with E-state index in [9.17, 15) is 4.79 Å². The van der Waals surface area contributed by atoms with Crippen molar-refractivity contribution in [2.45, 2.75) is 32.2 Å². The Morgan fingerprint density at radius 3 is 2.53 bits per heavy atom. The summed E-state index contributed by atoms with van der Waals surface area (Å²) in [5.74, 6) is 0.674. The van der Waals surface area contributed by atoms with Crippen LogP contribution in [-0.2, 0) is 4.79 Å². The summed E-state index contributed by atoms with van der Waals surface area (Å²) in [4.78, 5) is 16.8. The quantitative estimate of drug-likeness (QED) is 0.750. The number of hydrogen-bond acceptors (Lipinski definition) is 4. The highest BCUT2D eigenvalue weighted by Crippen LogP contribution is 2.30. The predicted molar refractivity (Wildman–Crippen MR) is 74.6 cm³/mol. The Morgan fingerprint density at radius 1 is 1.26 bits per heavy atom. The smallest absolute Gasteiger partial charge is 0.227 e. The molecule has 0 radical (unpaired) electrons. The first-order valence-corrected chi connectivity index (χ1v) is 7.51. The fourth-order valence-corrected chi connectivity index (χ4v) is 3.43. The average molecular weight is 269 g/mol. The number of nitrogens with zero attached hydrogens (tertiary/aromatic N) is 2. The molecule has 110 valence electrons. The van der Waals surface area contributed by atoms with Crippen molar-refractivity contribution in [2.75, 3.05) is 39.3 Å². The third kappa shape index (κ3) is 3.46. The van der Waals surface area contributed by atoms with Crippen molar-refractivity contribution in [2.24, 2.45) is 17.6 Å². The first-order valence-electron chi connectivity index (χ1n) is 7.51. The molecule has 3 unspecified atom stereocenters. The maximum Gasteiger partial charge on any atom is 0.227 e. The van der Waals surface area contributed by atoms with Gasteiger partial charge in [-0.25, -0.2) is 0 Å². The van der Waals surface area contributed by atoms with E-state index in [4.69, 9.17) is 10.8 Å². The Kier molecular flexibility index (Phi) is 5.19. The number of aliphatic hydroxyl groups excluding tert-OH is 1. The van der Waals surface area contributed by atoms with Gasteiger partial charge in [0.2, 0.25) is 5.91 Å². The van der Waals surface area contributed by atoms with Crippen molar-refractivity contribution in [3.05, 3.63) is 0 Å². The SMILES string of the molecule is CC1CCCC(N)C1C(=O)N1CCN(CCO)CC1. The molecule has 0 bridgehead atoms. The summed E-state index contributed by atoms with van der Waals surface area (Å²) in [6, 6.07) is 0.0340. The fourth-order valence-electron chi connectivity index (χ4n) is 3.43. The molecule has 19 heavy (non-hydrogen) atoms. The molecule has 2 aliphatic rings. The Hall–Kier alpha value is -0.650. The third-order valence-corrected chi connectivity index (χ3v) is 4.66. The van der Waals surface area contributed by atoms with E-state index < -0.39 is 0 Å². The average Bonchev–Trinajstić information content (AvgIpc) is 2.39. The lowest BCUT2D eigenvalue weighted by Crippen LogP contribution is -2.55. The second kappa shape index (κ2) is 6.68. The van der Waals surface area contributed by atoms with Crippen LogP contribution in [-0.4, -0.2) is 66.2 Å². The van der Waals surface area contributed by atoms with Gasteiger partial charge in [-0.15, -0.1) is 0 Å². The molecule has 1 heterocycles. The molecule has 1 amide bonds. The molecule has 5 nitrogen and oxygen atoms in total. The van der Waals surface area contributed by atoms with Crippen molar-refractivity contribution in [3.63, 3.8) is 0 Å². The molecule has 2 fully saturated rings. The zero-order valence-corrected chi connectivity index (χ0v) is 11.9. The maximum absolute atomic E-state index is 12.6. The number of β-amino-alcohol motifs (C(OH)–C–C–N with tert-alkyl or cyclic N) is 1. The highest BCUT2D eigenvalue weighted by Gasteiger charge is 2.37. The van der Waals surface area contributed by atoms with E-state index in [1.54, 1.807) is 0 Å². The van der Waals surface area contributed by atoms with Gasteiger partial charge in [0.1, 0.15) is 0 Å². The van der Waals surface area contributed by atoms with Gasteiger partial charge in [0.05, 0.1) is 12.5 Å². The topological polar surface area (TPSA) is 69.8 Å². The monoisotopic (exact) mass is 269 g/mol. The molecule has 1 aliphatic carbocycles. The summed E-state index contributed by atoms with van der Waals surface area (Å²) in [6.07, 6.45) is 3.25. The molecule has 3 atom stereocenters. The number of hydrogen-bond donors (Lipinski definition) is 2. The lowest BCUT2D eigenvalue weighted by molar-refractivity contribution is -0.140. The van der Waals surface area contributed by atoms with E-state index in [0.29, 0.717) is 12.5 Å². The standard InChI is InChI=1S/C14H27N3O2/c1-11-3-2-4-12(15)13(11)14(19)17-7-5-16(6-8-17)9-10-18/h11-13,18H,2-10,15H2,1H3. The largest absolute Gasteiger partial charge is 0.395 e. The van der Waals surface area contributed by atoms with Crippen LogP contribution in [0.5, 0.6) is 0 Å². The van der Waals surface area contributed by atoms with Gasteiger partial charge in [0.15, 0.2) is 0 Å². The number of carbonyl (C=O) groups is 1. The minimum atomic E-state index is 0.0122. The summed E-state index contributed by atoms with van der Waals surface area (Å²) < 4.78 is 0. The van der Waals surface area contributed by atoms with Crippen LogP contribution in [0.4, 0.5) is 0 Å². The number of piperazine rings is 1. The highest BCUT2D eigenvalue weighted by molar-refractivity contribution is 5.80. The molecule has 0 spiro atoms. The van der Waals surface area contributed by atoms with Gasteiger partial charge < -0.3 is 15.7 Å². The molecule has 1 saturated heterocycles. The predicted octanol–water partition coefficient (Wildman–Crippen LogP) is -0.114. The Bertz CT molecular complexity index is 293. The molecular formula is C14H27N3O2. The molecule has 5 heteroatoms. The van der Waals surface area contributed by atoms with Crippen LogP contribution in [0.3, 0.4) is 0 Å². The zero-order chi connectivity index (χ0) is 13.8. The van der Waals surface area contributed by atoms with E-state index >= 15 is 0 Å². The molecule has 1 saturated carbocycles. The minimum absolute atomic E-state index is 0.0122. The first-order chi connectivity index (χ1) is 9.13. The molecular weight excluding hydrogens is 242 g/mol. The molecule has 3 N–H and O–H groups in total. The summed E-state index contributed by atoms with van der Waals surface area (Å²) in [5, 5.41) is 8.93. The van der Waals surface area contributed by atoms with E-state index in [1.165, 1.54) is 0 Å². The Labute approximate surface area is 115 Å². The molecule has 0 aromatic heterocycles. The molecule has 0 aromatic rings. The van der Waals surface area contributed by atoms with Crippen molar-refractivity contribution < 1.29 is 9.90 Å². The van der Waals surface area contributed by atoms with Gasteiger partial charge >= 0.3 is 0 Å². The van der Waals surface area contributed by atoms with Crippen LogP contribution >= 0.6 is 0 Å². The van der Waals surface area contributed by atoms with Crippen LogP contribution in [0.15, 0.2) is 0 Å². The van der Waals surface area contributed by atoms with Gasteiger partial charge in [-0.05, 0) is 18.8 Å². The van der Waals surface area contributed by atoms with E-state index in [0.717, 1.165) is 45.4 Å². The van der Waals surface area contributed by atoms with Crippen molar-refractivity contribution >= 4 is 5.91 Å². The number of carbonyl (C=O) groups excluding carboxylic acids is 1. The van der Waals surface area contributed by atoms with Crippen LogP contribution < -0.4 is 5.73 Å². The second-order valence-electron chi connectivity index (χ2n) is 5.99. The molecule has 0 aromatic carbocycles. The van der Waals surface area contributed by atoms with Gasteiger partial charge in [0, 0.05) is 38.8 Å². The van der Waals surface area contributed by atoms with Crippen LogP contribution in [0.1, 0.15) is 26.2 Å². The maximum atomic E-state index is 12.6. The van der Waals surface area contributed by atoms with E-state index in [-0.39, 0.29) is 24.5 Å². The minimum Gasteiger partial charge on any atom is -0.395 e. The second-order valence-corrected chi connectivity index (χ2v) is 5.99. The van der Waals surface area contributed by atoms with Gasteiger partial charge in [0.25, 0.3) is 0 Å². The van der Waals surface area contributed by atoms with Gasteiger partial charge in [-0.2, -0.15) is 0 Å². The fraction of sp³-hybridized carbons (Fsp3) is 0.929. The van der Waals surface area contributed by atoms with Crippen LogP contribution in [0.2, 0.25) is 0 Å². The van der Waals surface area contributed by atoms with Crippen LogP contribution in [0.25, 0.3) is 0 Å². The van der Waals surface area contributed by atoms with Gasteiger partial charge in [-0.1, -0.05) is 13.3 Å². The summed E-state index contributed by atoms with van der Waals surface area (Å²) in [5.41, 5.74) is 6.16. The van der Waals surface area contributed by atoms with Crippen molar-refractivity contribution in [1.29, 1.82) is 0 Å². The number of nitrogens with two attached hydrogens (primary N) is 1. The lowest BCUT2D eigenvalue weighted by Gasteiger charge is -2.40. The van der Waals surface area contributed by atoms with Crippen LogP contribution in [0, 0.1) is 11.8 Å². The molecule has 2 rings (SSSR count). The number of rotatable bonds is 3. The third-order valence-electron chi connectivity index (χ3n) is 4.66. The van der Waals surface area contributed by atoms with Crippen molar-refractivity contribution in [1.82, 2.24) is 9.80 Å². The Balaban J connectivity index is 1.89. The number of aliphatic hydroxyl groups is 1. The lowest BCUT2D eigenvalue weighted by atomic mass is 9.76. The summed E-state index contributed by atoms with van der Waals surface area (Å²) >= 11 is 0. The highest BCUT2D eigenvalue weighted by atomic mass is 16.3. The van der Waals surface area contributed by atoms with E-state index in [1.807, 2.05) is 4.90 Å². The first kappa shape index (κ1) is 14.8. The van der Waals surface area contributed by atoms with Gasteiger partial charge in [-0.3, -0.25) is 9.69 Å². The molecule has 1 aliphatic heterocycles. The van der Waals surface area contributed by atoms with Crippen molar-refractivity contribution in [3.8, 4) is 0 Å². The van der Waals surface area contributed by atoms with E-state index in [2.05, 4.69) is 11.8 Å².